The zero-order valence-electron chi connectivity index (χ0n) is 16.8. The van der Waals surface area contributed by atoms with Crippen LogP contribution in [0, 0.1) is 40.9 Å². The fourth-order valence-corrected chi connectivity index (χ4v) is 7.93. The van der Waals surface area contributed by atoms with Gasteiger partial charge in [-0.3, -0.25) is 4.79 Å². The van der Waals surface area contributed by atoms with E-state index < -0.39 is 5.85 Å². The number of nitrogens with zero attached hydrogens (tertiary/aromatic N) is 3. The van der Waals surface area contributed by atoms with E-state index >= 15 is 0 Å². The monoisotopic (exact) mass is 389 g/mol. The normalized spacial score (nSPS) is 47.8. The lowest BCUT2D eigenvalue weighted by atomic mass is 9.49. The summed E-state index contributed by atoms with van der Waals surface area (Å²) < 4.78 is 14.1. The maximum atomic E-state index is 14.1. The van der Waals surface area contributed by atoms with Gasteiger partial charge in [-0.1, -0.05) is 6.92 Å². The average molecular weight is 390 g/mol. The minimum absolute atomic E-state index is 0.0910. The van der Waals surface area contributed by atoms with E-state index in [1.807, 2.05) is 0 Å². The number of carbonyl (C=O) groups is 1. The third kappa shape index (κ3) is 2.94. The number of Topliss-reactive ketones (excluding diaryl/α,β-unsaturated/α-hetero) is 1. The second-order valence-electron chi connectivity index (χ2n) is 10.3. The van der Waals surface area contributed by atoms with E-state index in [4.69, 9.17) is 0 Å². The molecule has 1 aromatic rings. The van der Waals surface area contributed by atoms with Crippen LogP contribution in [-0.4, -0.2) is 31.7 Å². The van der Waals surface area contributed by atoms with Gasteiger partial charge in [-0.05, 0) is 80.0 Å². The highest BCUT2D eigenvalue weighted by atomic mass is 19.2. The first-order valence-corrected chi connectivity index (χ1v) is 11.2. The molecule has 0 radical (unpaired) electrons. The summed E-state index contributed by atoms with van der Waals surface area (Å²) in [6.07, 6.45) is 11.3. The summed E-state index contributed by atoms with van der Waals surface area (Å²) in [4.78, 5) is 14.6. The molecule has 5 nitrogen and oxygen atoms in total. The van der Waals surface area contributed by atoms with Crippen molar-refractivity contribution in [3.8, 4) is 0 Å². The topological polar surface area (TPSA) is 68.0 Å². The SMILES string of the molecule is C[C@]12CC[C@H]3[C@@H](CC[C@@H]4C[C@@](O)(F)CC[C@@H]43)[C@@H]1CC[C@@H]2C(=O)Cn1nccn1. The van der Waals surface area contributed by atoms with E-state index in [1.165, 1.54) is 4.80 Å². The van der Waals surface area contributed by atoms with Crippen LogP contribution < -0.4 is 0 Å². The van der Waals surface area contributed by atoms with Crippen molar-refractivity contribution in [3.63, 3.8) is 0 Å². The molecule has 4 saturated carbocycles. The predicted octanol–water partition coefficient (Wildman–Crippen LogP) is 3.77. The number of hydrogen-bond acceptors (Lipinski definition) is 4. The summed E-state index contributed by atoms with van der Waals surface area (Å²) in [5.74, 6) is 1.32. The molecule has 4 aliphatic rings. The summed E-state index contributed by atoms with van der Waals surface area (Å²) in [7, 11) is 0. The molecule has 8 atom stereocenters. The summed E-state index contributed by atoms with van der Waals surface area (Å²) >= 11 is 0. The molecule has 0 bridgehead atoms. The standard InChI is InChI=1S/C22H32FN3O2/c1-21-8-6-16-15-7-9-22(23,28)12-14(15)2-3-17(16)18(21)4-5-19(21)20(27)13-26-24-10-11-25-26/h10-11,14-19,28H,2-9,12-13H2,1H3/t14-,15+,16-,17-,18+,19-,21+,22-/m1/s1. The van der Waals surface area contributed by atoms with Gasteiger partial charge in [0.05, 0.1) is 12.4 Å². The number of aliphatic hydroxyl groups is 1. The highest BCUT2D eigenvalue weighted by molar-refractivity contribution is 5.81. The van der Waals surface area contributed by atoms with Crippen LogP contribution in [0.5, 0.6) is 0 Å². The van der Waals surface area contributed by atoms with Crippen molar-refractivity contribution in [1.82, 2.24) is 15.0 Å². The molecular weight excluding hydrogens is 357 g/mol. The van der Waals surface area contributed by atoms with Crippen LogP contribution in [0.2, 0.25) is 0 Å². The lowest BCUT2D eigenvalue weighted by molar-refractivity contribution is -0.165. The summed E-state index contributed by atoms with van der Waals surface area (Å²) in [6, 6.07) is 0. The first kappa shape index (κ1) is 18.7. The highest BCUT2D eigenvalue weighted by Crippen LogP contribution is 2.64. The number of hydrogen-bond donors (Lipinski definition) is 1. The molecule has 0 spiro atoms. The molecule has 1 N–H and O–H groups in total. The molecule has 4 fully saturated rings. The van der Waals surface area contributed by atoms with Gasteiger partial charge in [-0.2, -0.15) is 15.0 Å². The van der Waals surface area contributed by atoms with Crippen molar-refractivity contribution in [1.29, 1.82) is 0 Å². The Morgan fingerprint density at radius 3 is 2.61 bits per heavy atom. The molecule has 154 valence electrons. The van der Waals surface area contributed by atoms with Gasteiger partial charge < -0.3 is 5.11 Å². The molecule has 1 aromatic heterocycles. The lowest BCUT2D eigenvalue weighted by Crippen LogP contribution is -2.51. The molecule has 0 saturated heterocycles. The number of fused-ring (bicyclic) bond motifs is 5. The van der Waals surface area contributed by atoms with Crippen molar-refractivity contribution in [2.75, 3.05) is 0 Å². The Morgan fingerprint density at radius 1 is 1.07 bits per heavy atom. The Morgan fingerprint density at radius 2 is 1.82 bits per heavy atom. The summed E-state index contributed by atoms with van der Waals surface area (Å²) in [6.45, 7) is 2.64. The van der Waals surface area contributed by atoms with E-state index in [9.17, 15) is 14.3 Å². The fraction of sp³-hybridized carbons (Fsp3) is 0.864. The molecule has 5 rings (SSSR count). The van der Waals surface area contributed by atoms with Gasteiger partial charge in [0.15, 0.2) is 5.78 Å². The third-order valence-electron chi connectivity index (χ3n) is 9.11. The van der Waals surface area contributed by atoms with Crippen LogP contribution in [0.15, 0.2) is 12.4 Å². The van der Waals surface area contributed by atoms with E-state index in [0.717, 1.165) is 44.9 Å². The number of ketones is 1. The van der Waals surface area contributed by atoms with Crippen molar-refractivity contribution in [2.45, 2.75) is 77.1 Å². The van der Waals surface area contributed by atoms with Crippen molar-refractivity contribution in [2.24, 2.45) is 40.9 Å². The van der Waals surface area contributed by atoms with Gasteiger partial charge >= 0.3 is 0 Å². The summed E-state index contributed by atoms with van der Waals surface area (Å²) in [5, 5.41) is 18.1. The van der Waals surface area contributed by atoms with E-state index in [1.54, 1.807) is 12.4 Å². The maximum absolute atomic E-state index is 14.1. The molecule has 0 unspecified atom stereocenters. The Balaban J connectivity index is 1.32. The van der Waals surface area contributed by atoms with Crippen molar-refractivity contribution < 1.29 is 14.3 Å². The first-order valence-electron chi connectivity index (χ1n) is 11.2. The van der Waals surface area contributed by atoms with E-state index in [2.05, 4.69) is 17.1 Å². The quantitative estimate of drug-likeness (QED) is 0.854. The molecule has 28 heavy (non-hydrogen) atoms. The Hall–Kier alpha value is -1.30. The molecule has 0 amide bonds. The van der Waals surface area contributed by atoms with Gasteiger partial charge in [0, 0.05) is 18.8 Å². The largest absolute Gasteiger partial charge is 0.362 e. The molecule has 0 aliphatic heterocycles. The lowest BCUT2D eigenvalue weighted by Gasteiger charge is -2.56. The van der Waals surface area contributed by atoms with Gasteiger partial charge in [0.2, 0.25) is 5.85 Å². The van der Waals surface area contributed by atoms with Gasteiger partial charge in [0.1, 0.15) is 6.54 Å². The number of rotatable bonds is 3. The minimum Gasteiger partial charge on any atom is -0.362 e. The second-order valence-corrected chi connectivity index (χ2v) is 10.3. The van der Waals surface area contributed by atoms with Gasteiger partial charge in [0.25, 0.3) is 0 Å². The number of carbonyl (C=O) groups excluding carboxylic acids is 1. The Labute approximate surface area is 166 Å². The van der Waals surface area contributed by atoms with Crippen LogP contribution in [0.3, 0.4) is 0 Å². The molecular formula is C22H32FN3O2. The molecule has 4 aliphatic carbocycles. The third-order valence-corrected chi connectivity index (χ3v) is 9.11. The van der Waals surface area contributed by atoms with Crippen LogP contribution in [-0.2, 0) is 11.3 Å². The predicted molar refractivity (Wildman–Crippen MR) is 102 cm³/mol. The molecule has 6 heteroatoms. The highest BCUT2D eigenvalue weighted by Gasteiger charge is 2.59. The molecule has 1 heterocycles. The van der Waals surface area contributed by atoms with Gasteiger partial charge in [-0.25, -0.2) is 4.39 Å². The van der Waals surface area contributed by atoms with Gasteiger partial charge in [-0.15, -0.1) is 0 Å². The average Bonchev–Trinajstić information content (AvgIpc) is 3.27. The smallest absolute Gasteiger partial charge is 0.207 e. The van der Waals surface area contributed by atoms with Crippen molar-refractivity contribution >= 4 is 5.78 Å². The first-order chi connectivity index (χ1) is 13.4. The zero-order valence-corrected chi connectivity index (χ0v) is 16.8. The Kier molecular flexibility index (Phi) is 4.42. The van der Waals surface area contributed by atoms with E-state index in [0.29, 0.717) is 42.4 Å². The summed E-state index contributed by atoms with van der Waals surface area (Å²) in [5.41, 5.74) is 0.0910. The van der Waals surface area contributed by atoms with Crippen LogP contribution in [0.4, 0.5) is 4.39 Å². The number of alkyl halides is 1. The van der Waals surface area contributed by atoms with E-state index in [-0.39, 0.29) is 23.7 Å². The van der Waals surface area contributed by atoms with Crippen LogP contribution in [0.1, 0.15) is 64.7 Å². The van der Waals surface area contributed by atoms with Crippen LogP contribution in [0.25, 0.3) is 0 Å². The number of halogens is 1. The maximum Gasteiger partial charge on any atom is 0.207 e. The minimum atomic E-state index is -1.94. The molecule has 0 aromatic carbocycles. The fourth-order valence-electron chi connectivity index (χ4n) is 7.93. The zero-order chi connectivity index (χ0) is 19.5. The Bertz CT molecular complexity index is 736. The van der Waals surface area contributed by atoms with Crippen LogP contribution >= 0.6 is 0 Å². The van der Waals surface area contributed by atoms with Crippen molar-refractivity contribution in [3.05, 3.63) is 12.4 Å². The number of aromatic nitrogens is 3. The second kappa shape index (κ2) is 6.61.